The fourth-order valence-corrected chi connectivity index (χ4v) is 3.71. The van der Waals surface area contributed by atoms with Crippen molar-refractivity contribution in [2.24, 2.45) is 0 Å². The van der Waals surface area contributed by atoms with Crippen LogP contribution in [0.5, 0.6) is 5.75 Å². The van der Waals surface area contributed by atoms with Crippen LogP contribution >= 0.6 is 27.3 Å². The van der Waals surface area contributed by atoms with Crippen molar-refractivity contribution >= 4 is 27.3 Å². The van der Waals surface area contributed by atoms with Crippen LogP contribution in [0.2, 0.25) is 0 Å². The third kappa shape index (κ3) is 3.00. The molecule has 0 spiro atoms. The van der Waals surface area contributed by atoms with Crippen LogP contribution in [-0.4, -0.2) is 10.1 Å². The van der Waals surface area contributed by atoms with Gasteiger partial charge in [0.25, 0.3) is 0 Å². The number of benzene rings is 1. The Morgan fingerprint density at radius 2 is 2.14 bits per heavy atom. The number of rotatable bonds is 1. The van der Waals surface area contributed by atoms with E-state index in [0.29, 0.717) is 6.42 Å². The second kappa shape index (κ2) is 5.38. The molecule has 0 amide bonds. The first-order chi connectivity index (χ1) is 9.84. The van der Waals surface area contributed by atoms with E-state index < -0.39 is 6.10 Å². The number of thiazole rings is 1. The number of halogens is 1. The molecule has 112 valence electrons. The molecule has 1 aliphatic rings. The topological polar surface area (TPSA) is 42.4 Å². The normalized spacial score (nSPS) is 21.8. The maximum atomic E-state index is 10.4. The zero-order valence-corrected chi connectivity index (χ0v) is 14.7. The fourth-order valence-electron chi connectivity index (χ4n) is 2.38. The van der Waals surface area contributed by atoms with E-state index in [4.69, 9.17) is 9.72 Å². The van der Waals surface area contributed by atoms with E-state index in [-0.39, 0.29) is 11.5 Å². The number of aromatic nitrogens is 1. The Labute approximate surface area is 137 Å². The highest BCUT2D eigenvalue weighted by Gasteiger charge is 2.30. The molecule has 0 bridgehead atoms. The van der Waals surface area contributed by atoms with Crippen LogP contribution in [0.15, 0.2) is 28.1 Å². The minimum atomic E-state index is -0.518. The minimum absolute atomic E-state index is 0.0406. The highest BCUT2D eigenvalue weighted by molar-refractivity contribution is 9.10. The summed E-state index contributed by atoms with van der Waals surface area (Å²) in [5.41, 5.74) is 1.79. The lowest BCUT2D eigenvalue weighted by Gasteiger charge is -2.29. The van der Waals surface area contributed by atoms with Gasteiger partial charge in [0, 0.05) is 27.3 Å². The van der Waals surface area contributed by atoms with Crippen molar-refractivity contribution in [3.63, 3.8) is 0 Å². The Morgan fingerprint density at radius 1 is 1.38 bits per heavy atom. The molecule has 3 rings (SSSR count). The van der Waals surface area contributed by atoms with Crippen molar-refractivity contribution in [1.82, 2.24) is 4.98 Å². The van der Waals surface area contributed by atoms with Crippen LogP contribution < -0.4 is 4.74 Å². The van der Waals surface area contributed by atoms with E-state index in [0.717, 1.165) is 26.5 Å². The predicted octanol–water partition coefficient (Wildman–Crippen LogP) is 4.76. The van der Waals surface area contributed by atoms with Crippen LogP contribution in [0.1, 0.15) is 55.7 Å². The number of hydrogen-bond acceptors (Lipinski definition) is 4. The Balaban J connectivity index is 1.89. The van der Waals surface area contributed by atoms with Gasteiger partial charge in [0.1, 0.15) is 11.9 Å². The van der Waals surface area contributed by atoms with Crippen molar-refractivity contribution in [2.75, 3.05) is 0 Å². The lowest BCUT2D eigenvalue weighted by atomic mass is 9.97. The largest absolute Gasteiger partial charge is 0.484 e. The van der Waals surface area contributed by atoms with Gasteiger partial charge in [0.15, 0.2) is 0 Å². The first-order valence-electron chi connectivity index (χ1n) is 6.94. The Morgan fingerprint density at radius 3 is 2.81 bits per heavy atom. The van der Waals surface area contributed by atoms with Gasteiger partial charge in [-0.05, 0) is 18.2 Å². The molecule has 1 N–H and O–H groups in total. The maximum Gasteiger partial charge on any atom is 0.144 e. The quantitative estimate of drug-likeness (QED) is 0.789. The van der Waals surface area contributed by atoms with Gasteiger partial charge in [-0.3, -0.25) is 0 Å². The summed E-state index contributed by atoms with van der Waals surface area (Å²) in [4.78, 5) is 4.70. The van der Waals surface area contributed by atoms with Crippen molar-refractivity contribution in [3.05, 3.63) is 44.3 Å². The lowest BCUT2D eigenvalue weighted by Crippen LogP contribution is -2.20. The highest BCUT2D eigenvalue weighted by atomic mass is 79.9. The second-order valence-electron chi connectivity index (χ2n) is 6.37. The van der Waals surface area contributed by atoms with E-state index in [1.165, 1.54) is 0 Å². The van der Waals surface area contributed by atoms with Crippen molar-refractivity contribution in [2.45, 2.75) is 44.8 Å². The van der Waals surface area contributed by atoms with Crippen molar-refractivity contribution in [3.8, 4) is 5.75 Å². The summed E-state index contributed by atoms with van der Waals surface area (Å²) < 4.78 is 6.98. The van der Waals surface area contributed by atoms with E-state index >= 15 is 0 Å². The SMILES string of the molecule is CC(C)(C)c1nc(C2C[C@H](O)c3cc(Br)ccc3O2)cs1. The first-order valence-corrected chi connectivity index (χ1v) is 8.62. The fraction of sp³-hybridized carbons (Fsp3) is 0.438. The van der Waals surface area contributed by atoms with Gasteiger partial charge in [-0.1, -0.05) is 36.7 Å². The molecule has 0 saturated carbocycles. The van der Waals surface area contributed by atoms with Gasteiger partial charge in [0.05, 0.1) is 16.8 Å². The van der Waals surface area contributed by atoms with Crippen LogP contribution in [0, 0.1) is 0 Å². The third-order valence-electron chi connectivity index (χ3n) is 3.53. The third-order valence-corrected chi connectivity index (χ3v) is 5.31. The number of aliphatic hydroxyl groups is 1. The van der Waals surface area contributed by atoms with Crippen LogP contribution in [0.25, 0.3) is 0 Å². The van der Waals surface area contributed by atoms with E-state index in [2.05, 4.69) is 36.7 Å². The van der Waals surface area contributed by atoms with Crippen LogP contribution in [0.4, 0.5) is 0 Å². The molecule has 5 heteroatoms. The molecule has 0 saturated heterocycles. The van der Waals surface area contributed by atoms with Crippen LogP contribution in [0.3, 0.4) is 0 Å². The van der Waals surface area contributed by atoms with Gasteiger partial charge in [-0.2, -0.15) is 0 Å². The number of ether oxygens (including phenoxy) is 1. The zero-order chi connectivity index (χ0) is 15.2. The van der Waals surface area contributed by atoms with Gasteiger partial charge in [-0.15, -0.1) is 11.3 Å². The number of hydrogen-bond donors (Lipinski definition) is 1. The molecule has 2 atom stereocenters. The highest BCUT2D eigenvalue weighted by Crippen LogP contribution is 2.42. The Hall–Kier alpha value is -0.910. The smallest absolute Gasteiger partial charge is 0.144 e. The lowest BCUT2D eigenvalue weighted by molar-refractivity contribution is 0.0638. The number of fused-ring (bicyclic) bond motifs is 1. The monoisotopic (exact) mass is 367 g/mol. The van der Waals surface area contributed by atoms with Gasteiger partial charge in [-0.25, -0.2) is 4.98 Å². The first kappa shape index (κ1) is 15.0. The summed E-state index contributed by atoms with van der Waals surface area (Å²) in [7, 11) is 0. The van der Waals surface area contributed by atoms with E-state index in [1.807, 2.05) is 23.6 Å². The molecular weight excluding hydrogens is 350 g/mol. The van der Waals surface area contributed by atoms with E-state index in [9.17, 15) is 5.11 Å². The number of aliphatic hydroxyl groups excluding tert-OH is 1. The molecule has 3 nitrogen and oxygen atoms in total. The molecular formula is C16H18BrNO2S. The summed E-state index contributed by atoms with van der Waals surface area (Å²) in [5, 5.41) is 13.5. The average Bonchev–Trinajstić information content (AvgIpc) is 2.89. The van der Waals surface area contributed by atoms with Crippen molar-refractivity contribution in [1.29, 1.82) is 0 Å². The zero-order valence-electron chi connectivity index (χ0n) is 12.3. The molecule has 0 aliphatic carbocycles. The summed E-state index contributed by atoms with van der Waals surface area (Å²) >= 11 is 5.08. The molecule has 21 heavy (non-hydrogen) atoms. The maximum absolute atomic E-state index is 10.4. The van der Waals surface area contributed by atoms with Gasteiger partial charge < -0.3 is 9.84 Å². The second-order valence-corrected chi connectivity index (χ2v) is 8.14. The summed E-state index contributed by atoms with van der Waals surface area (Å²) in [6.07, 6.45) is -0.159. The molecule has 0 fully saturated rings. The minimum Gasteiger partial charge on any atom is -0.484 e. The molecule has 0 radical (unpaired) electrons. The molecule has 1 unspecified atom stereocenters. The Kier molecular flexibility index (Phi) is 3.84. The average molecular weight is 368 g/mol. The molecule has 1 aliphatic heterocycles. The predicted molar refractivity (Wildman–Crippen MR) is 87.9 cm³/mol. The number of nitrogens with zero attached hydrogens (tertiary/aromatic N) is 1. The molecule has 2 aromatic rings. The summed E-state index contributed by atoms with van der Waals surface area (Å²) in [6.45, 7) is 6.46. The molecule has 1 aromatic carbocycles. The standard InChI is InChI=1S/C16H18BrNO2S/c1-16(2,3)15-18-11(8-21-15)14-7-12(19)10-6-9(17)4-5-13(10)20-14/h4-6,8,12,14,19H,7H2,1-3H3/t12-,14?/m0/s1. The van der Waals surface area contributed by atoms with Gasteiger partial charge >= 0.3 is 0 Å². The summed E-state index contributed by atoms with van der Waals surface area (Å²) in [6, 6.07) is 5.74. The van der Waals surface area contributed by atoms with E-state index in [1.54, 1.807) is 11.3 Å². The molecule has 2 heterocycles. The summed E-state index contributed by atoms with van der Waals surface area (Å²) in [5.74, 6) is 0.743. The molecule has 1 aromatic heterocycles. The van der Waals surface area contributed by atoms with Gasteiger partial charge in [0.2, 0.25) is 0 Å². The Bertz CT molecular complexity index is 663. The van der Waals surface area contributed by atoms with Crippen LogP contribution in [-0.2, 0) is 5.41 Å². The van der Waals surface area contributed by atoms with Crippen molar-refractivity contribution < 1.29 is 9.84 Å².